The normalized spacial score (nSPS) is 16.2. The van der Waals surface area contributed by atoms with Gasteiger partial charge in [-0.05, 0) is 36.3 Å². The molecule has 0 aliphatic carbocycles. The third-order valence-electron chi connectivity index (χ3n) is 6.36. The minimum absolute atomic E-state index is 0.142. The molecule has 0 atom stereocenters. The van der Waals surface area contributed by atoms with Crippen LogP contribution in [0.25, 0.3) is 22.7 Å². The Hall–Kier alpha value is -4.36. The Morgan fingerprint density at radius 1 is 0.946 bits per heavy atom. The summed E-state index contributed by atoms with van der Waals surface area (Å²) in [5, 5.41) is 12.4. The van der Waals surface area contributed by atoms with Crippen molar-refractivity contribution in [2.24, 2.45) is 4.99 Å². The number of ether oxygens (including phenoxy) is 1. The van der Waals surface area contributed by atoms with Gasteiger partial charge in [-0.2, -0.15) is 4.99 Å². The van der Waals surface area contributed by atoms with Crippen LogP contribution in [0.2, 0.25) is 0 Å². The third-order valence-corrected chi connectivity index (χ3v) is 7.18. The van der Waals surface area contributed by atoms with Gasteiger partial charge in [0, 0.05) is 34.6 Å². The molecule has 182 valence electrons. The smallest absolute Gasteiger partial charge is 0.283 e. The van der Waals surface area contributed by atoms with Gasteiger partial charge in [0.15, 0.2) is 5.17 Å². The van der Waals surface area contributed by atoms with Gasteiger partial charge in [-0.1, -0.05) is 78.5 Å². The first kappa shape index (κ1) is 23.1. The topological polar surface area (TPSA) is 70.7 Å². The highest BCUT2D eigenvalue weighted by atomic mass is 32.2. The highest BCUT2D eigenvalue weighted by Crippen LogP contribution is 2.37. The van der Waals surface area contributed by atoms with E-state index in [4.69, 9.17) is 10.1 Å². The van der Waals surface area contributed by atoms with Crippen molar-refractivity contribution in [2.75, 3.05) is 6.61 Å². The number of nitrogens with one attached hydrogen (secondary N) is 1. The summed E-state index contributed by atoms with van der Waals surface area (Å²) >= 11 is 1.37. The van der Waals surface area contributed by atoms with Gasteiger partial charge in [-0.25, -0.2) is 0 Å². The second kappa shape index (κ2) is 9.95. The molecule has 1 N–H and O–H groups in total. The van der Waals surface area contributed by atoms with Gasteiger partial charge in [0.1, 0.15) is 11.6 Å². The van der Waals surface area contributed by atoms with E-state index in [-0.39, 0.29) is 17.3 Å². The third kappa shape index (κ3) is 4.49. The van der Waals surface area contributed by atoms with Crippen LogP contribution in [0.1, 0.15) is 17.5 Å². The predicted molar refractivity (Wildman–Crippen MR) is 150 cm³/mol. The lowest BCUT2D eigenvalue weighted by Gasteiger charge is -2.26. The first-order valence-corrected chi connectivity index (χ1v) is 13.0. The van der Waals surface area contributed by atoms with Crippen molar-refractivity contribution in [2.45, 2.75) is 13.0 Å². The zero-order valence-electron chi connectivity index (χ0n) is 20.0. The quantitative estimate of drug-likeness (QED) is 0.233. The molecule has 1 aromatic heterocycles. The molecule has 1 amide bonds. The number of benzene rings is 3. The second-order valence-electron chi connectivity index (χ2n) is 8.74. The van der Waals surface area contributed by atoms with E-state index in [1.54, 1.807) is 11.0 Å². The number of hydrogen-bond donors (Lipinski definition) is 1. The molecule has 7 heteroatoms. The Balaban J connectivity index is 1.27. The van der Waals surface area contributed by atoms with Crippen LogP contribution in [0.5, 0.6) is 5.75 Å². The predicted octanol–water partition coefficient (Wildman–Crippen LogP) is 6.41. The van der Waals surface area contributed by atoms with E-state index in [9.17, 15) is 4.79 Å². The van der Waals surface area contributed by atoms with Crippen molar-refractivity contribution in [3.63, 3.8) is 0 Å². The van der Waals surface area contributed by atoms with E-state index in [0.717, 1.165) is 46.4 Å². The molecule has 37 heavy (non-hydrogen) atoms. The van der Waals surface area contributed by atoms with Crippen LogP contribution in [0.4, 0.5) is 0 Å². The molecular formula is C30H24N4O2S. The summed E-state index contributed by atoms with van der Waals surface area (Å²) in [5.74, 6) is 0.617. The summed E-state index contributed by atoms with van der Waals surface area (Å²) in [7, 11) is 0. The maximum atomic E-state index is 13.0. The van der Waals surface area contributed by atoms with Gasteiger partial charge in [-0.3, -0.25) is 15.1 Å². The highest BCUT2D eigenvalue weighted by Gasteiger charge is 2.36. The number of fused-ring (bicyclic) bond motifs is 2. The summed E-state index contributed by atoms with van der Waals surface area (Å²) in [6.45, 7) is 1.38. The number of aliphatic imine (C=N–C) groups is 1. The van der Waals surface area contributed by atoms with Crippen LogP contribution in [0, 0.1) is 5.41 Å². The molecular weight excluding hydrogens is 480 g/mol. The van der Waals surface area contributed by atoms with Crippen LogP contribution in [0.15, 0.2) is 107 Å². The molecule has 6 nitrogen and oxygen atoms in total. The Morgan fingerprint density at radius 3 is 2.49 bits per heavy atom. The van der Waals surface area contributed by atoms with Crippen LogP contribution >= 0.6 is 11.8 Å². The van der Waals surface area contributed by atoms with Crippen LogP contribution in [-0.2, 0) is 11.3 Å². The lowest BCUT2D eigenvalue weighted by Crippen LogP contribution is -2.37. The zero-order chi connectivity index (χ0) is 25.2. The molecule has 2 aliphatic rings. The summed E-state index contributed by atoms with van der Waals surface area (Å²) in [5.41, 5.74) is 4.09. The number of aryl methyl sites for hydroxylation is 1. The number of para-hydroxylation sites is 2. The first-order valence-electron chi connectivity index (χ1n) is 12.1. The molecule has 6 rings (SSSR count). The van der Waals surface area contributed by atoms with Crippen LogP contribution in [-0.4, -0.2) is 33.0 Å². The largest absolute Gasteiger partial charge is 0.494 e. The van der Waals surface area contributed by atoms with Gasteiger partial charge in [0.2, 0.25) is 0 Å². The first-order chi connectivity index (χ1) is 18.2. The van der Waals surface area contributed by atoms with E-state index < -0.39 is 0 Å². The van der Waals surface area contributed by atoms with Crippen molar-refractivity contribution in [1.29, 1.82) is 5.41 Å². The van der Waals surface area contributed by atoms with Crippen molar-refractivity contribution in [3.05, 3.63) is 113 Å². The lowest BCUT2D eigenvalue weighted by atomic mass is 10.1. The van der Waals surface area contributed by atoms with Crippen LogP contribution < -0.4 is 4.74 Å². The molecule has 0 fully saturated rings. The molecule has 3 heterocycles. The Kier molecular flexibility index (Phi) is 6.20. The average molecular weight is 505 g/mol. The number of hydrogen-bond acceptors (Lipinski definition) is 4. The van der Waals surface area contributed by atoms with Crippen molar-refractivity contribution in [3.8, 4) is 5.75 Å². The van der Waals surface area contributed by atoms with Gasteiger partial charge in [0.05, 0.1) is 17.9 Å². The molecule has 4 aromatic rings. The molecule has 3 aromatic carbocycles. The fourth-order valence-electron chi connectivity index (χ4n) is 4.59. The Labute approximate surface area is 219 Å². The van der Waals surface area contributed by atoms with Gasteiger partial charge < -0.3 is 9.30 Å². The number of aromatic nitrogens is 1. The number of amides is 1. The summed E-state index contributed by atoms with van der Waals surface area (Å²) in [6, 6.07) is 27.8. The van der Waals surface area contributed by atoms with Gasteiger partial charge >= 0.3 is 0 Å². The molecule has 0 saturated heterocycles. The van der Waals surface area contributed by atoms with E-state index in [1.807, 2.05) is 90.5 Å². The molecule has 0 unspecified atom stereocenters. The summed E-state index contributed by atoms with van der Waals surface area (Å²) in [6.07, 6.45) is 4.69. The molecule has 0 spiro atoms. The lowest BCUT2D eigenvalue weighted by molar-refractivity contribution is -0.114. The second-order valence-corrected chi connectivity index (χ2v) is 9.58. The summed E-state index contributed by atoms with van der Waals surface area (Å²) < 4.78 is 8.04. The highest BCUT2D eigenvalue weighted by molar-refractivity contribution is 8.17. The number of thioether (sulfide) groups is 1. The Morgan fingerprint density at radius 2 is 1.68 bits per heavy atom. The number of nitrogens with zero attached hydrogens (tertiary/aromatic N) is 3. The average Bonchev–Trinajstić information content (AvgIpc) is 3.52. The molecule has 0 bridgehead atoms. The minimum atomic E-state index is -0.389. The molecule has 2 aliphatic heterocycles. The molecule has 0 radical (unpaired) electrons. The molecule has 0 saturated carbocycles. The minimum Gasteiger partial charge on any atom is -0.494 e. The van der Waals surface area contributed by atoms with Crippen molar-refractivity contribution < 1.29 is 9.53 Å². The SMILES string of the molecule is N=C1C(=Cc2cn(CCCOc3ccccc3)c3ccccc23)C(=O)N=C2SC=C(c3ccccc3)N12. The van der Waals surface area contributed by atoms with E-state index in [1.165, 1.54) is 11.8 Å². The fraction of sp³-hybridized carbons (Fsp3) is 0.100. The zero-order valence-corrected chi connectivity index (χ0v) is 20.8. The maximum absolute atomic E-state index is 13.0. The maximum Gasteiger partial charge on any atom is 0.283 e. The number of amidine groups is 2. The van der Waals surface area contributed by atoms with E-state index in [0.29, 0.717) is 11.8 Å². The monoisotopic (exact) mass is 504 g/mol. The number of carbonyl (C=O) groups excluding carboxylic acids is 1. The fourth-order valence-corrected chi connectivity index (χ4v) is 5.48. The number of rotatable bonds is 7. The van der Waals surface area contributed by atoms with Gasteiger partial charge in [0.25, 0.3) is 5.91 Å². The summed E-state index contributed by atoms with van der Waals surface area (Å²) in [4.78, 5) is 19.1. The van der Waals surface area contributed by atoms with E-state index in [2.05, 4.69) is 15.6 Å². The number of carbonyl (C=O) groups is 1. The van der Waals surface area contributed by atoms with Crippen molar-refractivity contribution in [1.82, 2.24) is 9.47 Å². The standard InChI is InChI=1S/C30H24N4O2S/c31-28-25(29(35)32-30-34(28)27(20-37-30)21-10-3-1-4-11-21)18-22-19-33(26-15-8-7-14-24(22)26)16-9-17-36-23-12-5-2-6-13-23/h1-8,10-15,18-20,31H,9,16-17H2. The van der Waals surface area contributed by atoms with Gasteiger partial charge in [-0.15, -0.1) is 0 Å². The van der Waals surface area contributed by atoms with E-state index >= 15 is 0 Å². The van der Waals surface area contributed by atoms with Crippen LogP contribution in [0.3, 0.4) is 0 Å². The van der Waals surface area contributed by atoms with Crippen molar-refractivity contribution >= 4 is 51.3 Å². The Bertz CT molecular complexity index is 1590.